The van der Waals surface area contributed by atoms with E-state index in [1.54, 1.807) is 30.3 Å². The van der Waals surface area contributed by atoms with E-state index in [1.807, 2.05) is 0 Å². The molecule has 2 aromatic carbocycles. The van der Waals surface area contributed by atoms with Crippen molar-refractivity contribution in [1.82, 2.24) is 10.6 Å². The smallest absolute Gasteiger partial charge is 0.340 e. The van der Waals surface area contributed by atoms with Gasteiger partial charge in [-0.25, -0.2) is 9.59 Å². The number of ether oxygens (including phenoxy) is 1. The molecule has 3 amide bonds. The van der Waals surface area contributed by atoms with Gasteiger partial charge in [0.1, 0.15) is 0 Å². The molecule has 0 fully saturated rings. The van der Waals surface area contributed by atoms with Crippen LogP contribution < -0.4 is 10.6 Å². The highest BCUT2D eigenvalue weighted by Gasteiger charge is 2.27. The molecule has 0 saturated carbocycles. The second-order valence-electron chi connectivity index (χ2n) is 4.89. The molecule has 0 aliphatic carbocycles. The number of halogens is 2. The fourth-order valence-corrected chi connectivity index (χ4v) is 2.45. The van der Waals surface area contributed by atoms with Crippen molar-refractivity contribution in [3.8, 4) is 0 Å². The molecule has 2 N–H and O–H groups in total. The molecule has 0 bridgehead atoms. The van der Waals surface area contributed by atoms with Crippen LogP contribution in [0.3, 0.4) is 0 Å². The molecule has 0 aromatic heterocycles. The first-order chi connectivity index (χ1) is 11.9. The molecule has 0 unspecified atom stereocenters. The zero-order valence-electron chi connectivity index (χ0n) is 13.1. The second kappa shape index (κ2) is 8.50. The Morgan fingerprint density at radius 1 is 1.04 bits per heavy atom. The molecule has 2 aromatic rings. The van der Waals surface area contributed by atoms with E-state index >= 15 is 0 Å². The van der Waals surface area contributed by atoms with Crippen LogP contribution >= 0.6 is 23.2 Å². The van der Waals surface area contributed by atoms with E-state index in [1.165, 1.54) is 25.2 Å². The number of imide groups is 1. The summed E-state index contributed by atoms with van der Waals surface area (Å²) in [5.41, 5.74) is 0.460. The fraction of sp³-hybridized carbons (Fsp3) is 0.118. The number of nitrogens with one attached hydrogen (secondary N) is 2. The molecule has 0 saturated heterocycles. The Balaban J connectivity index is 2.28. The van der Waals surface area contributed by atoms with Crippen LogP contribution in [0.25, 0.3) is 0 Å². The highest BCUT2D eigenvalue weighted by atomic mass is 35.5. The second-order valence-corrected chi connectivity index (χ2v) is 5.73. The average molecular weight is 381 g/mol. The van der Waals surface area contributed by atoms with Crippen molar-refractivity contribution in [2.24, 2.45) is 0 Å². The van der Waals surface area contributed by atoms with Crippen molar-refractivity contribution in [1.29, 1.82) is 0 Å². The molecular weight excluding hydrogens is 367 g/mol. The number of amides is 3. The monoisotopic (exact) mass is 380 g/mol. The van der Waals surface area contributed by atoms with Gasteiger partial charge in [0.15, 0.2) is 0 Å². The number of esters is 1. The van der Waals surface area contributed by atoms with Crippen LogP contribution in [0.2, 0.25) is 10.0 Å². The molecule has 130 valence electrons. The summed E-state index contributed by atoms with van der Waals surface area (Å²) in [5, 5.41) is 4.80. The highest BCUT2D eigenvalue weighted by molar-refractivity contribution is 6.36. The maximum Gasteiger partial charge on any atom is 0.340 e. The summed E-state index contributed by atoms with van der Waals surface area (Å²) >= 11 is 11.8. The molecule has 25 heavy (non-hydrogen) atoms. The number of benzene rings is 2. The van der Waals surface area contributed by atoms with E-state index in [0.29, 0.717) is 10.6 Å². The summed E-state index contributed by atoms with van der Waals surface area (Å²) in [6.07, 6.45) is -1.32. The van der Waals surface area contributed by atoms with Crippen LogP contribution in [0.1, 0.15) is 22.0 Å². The largest absolute Gasteiger partial charge is 0.444 e. The van der Waals surface area contributed by atoms with E-state index in [-0.39, 0.29) is 10.6 Å². The highest BCUT2D eigenvalue weighted by Crippen LogP contribution is 2.25. The van der Waals surface area contributed by atoms with Gasteiger partial charge in [0, 0.05) is 17.6 Å². The van der Waals surface area contributed by atoms with Gasteiger partial charge in [0.2, 0.25) is 6.10 Å². The first-order valence-corrected chi connectivity index (χ1v) is 7.91. The van der Waals surface area contributed by atoms with Gasteiger partial charge in [-0.2, -0.15) is 0 Å². The number of carbonyl (C=O) groups excluding carboxylic acids is 3. The van der Waals surface area contributed by atoms with E-state index in [2.05, 4.69) is 10.6 Å². The van der Waals surface area contributed by atoms with Crippen molar-refractivity contribution in [2.45, 2.75) is 6.10 Å². The van der Waals surface area contributed by atoms with Crippen LogP contribution in [-0.2, 0) is 9.53 Å². The zero-order valence-corrected chi connectivity index (χ0v) is 14.6. The van der Waals surface area contributed by atoms with Gasteiger partial charge in [-0.05, 0) is 18.2 Å². The fourth-order valence-electron chi connectivity index (χ4n) is 1.97. The van der Waals surface area contributed by atoms with Crippen LogP contribution in [0.15, 0.2) is 48.5 Å². The van der Waals surface area contributed by atoms with E-state index < -0.39 is 24.0 Å². The lowest BCUT2D eigenvalue weighted by molar-refractivity contribution is -0.129. The molecule has 8 heteroatoms. The minimum atomic E-state index is -1.32. The molecule has 0 spiro atoms. The molecule has 6 nitrogen and oxygen atoms in total. The predicted octanol–water partition coefficient (Wildman–Crippen LogP) is 3.35. The molecule has 0 aliphatic rings. The van der Waals surface area contributed by atoms with Gasteiger partial charge in [0.25, 0.3) is 5.91 Å². The van der Waals surface area contributed by atoms with E-state index in [0.717, 1.165) is 0 Å². The Hall–Kier alpha value is -2.57. The lowest BCUT2D eigenvalue weighted by atomic mass is 10.1. The normalized spacial score (nSPS) is 11.3. The quantitative estimate of drug-likeness (QED) is 0.796. The van der Waals surface area contributed by atoms with Crippen molar-refractivity contribution in [3.05, 3.63) is 69.7 Å². The summed E-state index contributed by atoms with van der Waals surface area (Å²) in [6.45, 7) is 0. The summed E-state index contributed by atoms with van der Waals surface area (Å²) in [4.78, 5) is 36.1. The Morgan fingerprint density at radius 2 is 1.72 bits per heavy atom. The summed E-state index contributed by atoms with van der Waals surface area (Å²) in [6, 6.07) is 11.9. The molecule has 2 rings (SSSR count). The van der Waals surface area contributed by atoms with Crippen LogP contribution in [0.5, 0.6) is 0 Å². The minimum Gasteiger partial charge on any atom is -0.444 e. The third-order valence-corrected chi connectivity index (χ3v) is 3.73. The standard InChI is InChI=1S/C17H14Cl2N2O4/c1-20-17(24)21-15(22)14(10-5-3-2-4-6-10)25-16(23)12-8-7-11(18)9-13(12)19/h2-9,14H,1H3,(H2,20,21,22,24)/t14-/m1/s1. The molecule has 0 aliphatic heterocycles. The van der Waals surface area contributed by atoms with E-state index in [4.69, 9.17) is 27.9 Å². The average Bonchev–Trinajstić information content (AvgIpc) is 2.59. The maximum atomic E-state index is 12.4. The molecular formula is C17H14Cl2N2O4. The Morgan fingerprint density at radius 3 is 2.32 bits per heavy atom. The number of urea groups is 1. The van der Waals surface area contributed by atoms with Crippen LogP contribution in [0, 0.1) is 0 Å². The Labute approximate surface area is 154 Å². The first kappa shape index (κ1) is 18.8. The molecule has 1 atom stereocenters. The summed E-state index contributed by atoms with van der Waals surface area (Å²) in [5.74, 6) is -1.61. The van der Waals surface area contributed by atoms with E-state index in [9.17, 15) is 14.4 Å². The molecule has 0 heterocycles. The topological polar surface area (TPSA) is 84.5 Å². The number of rotatable bonds is 4. The van der Waals surface area contributed by atoms with Gasteiger partial charge in [-0.3, -0.25) is 10.1 Å². The van der Waals surface area contributed by atoms with Crippen LogP contribution in [0.4, 0.5) is 4.79 Å². The van der Waals surface area contributed by atoms with Crippen molar-refractivity contribution >= 4 is 41.1 Å². The lowest BCUT2D eigenvalue weighted by Crippen LogP contribution is -2.41. The van der Waals surface area contributed by atoms with Crippen molar-refractivity contribution < 1.29 is 19.1 Å². The number of hydrogen-bond donors (Lipinski definition) is 2. The molecule has 0 radical (unpaired) electrons. The Kier molecular flexibility index (Phi) is 6.38. The maximum absolute atomic E-state index is 12.4. The van der Waals surface area contributed by atoms with Gasteiger partial charge >= 0.3 is 12.0 Å². The third kappa shape index (κ3) is 4.95. The third-order valence-electron chi connectivity index (χ3n) is 3.18. The summed E-state index contributed by atoms with van der Waals surface area (Å²) < 4.78 is 5.29. The number of carbonyl (C=O) groups is 3. The Bertz CT molecular complexity index is 796. The van der Waals surface area contributed by atoms with Gasteiger partial charge in [0.05, 0.1) is 10.6 Å². The van der Waals surface area contributed by atoms with Gasteiger partial charge < -0.3 is 10.1 Å². The SMILES string of the molecule is CNC(=O)NC(=O)[C@H](OC(=O)c1ccc(Cl)cc1Cl)c1ccccc1. The van der Waals surface area contributed by atoms with Crippen molar-refractivity contribution in [2.75, 3.05) is 7.05 Å². The van der Waals surface area contributed by atoms with Gasteiger partial charge in [-0.15, -0.1) is 0 Å². The van der Waals surface area contributed by atoms with Crippen molar-refractivity contribution in [3.63, 3.8) is 0 Å². The summed E-state index contributed by atoms with van der Waals surface area (Å²) in [7, 11) is 1.36. The zero-order chi connectivity index (χ0) is 18.4. The predicted molar refractivity (Wildman–Crippen MR) is 93.7 cm³/mol. The van der Waals surface area contributed by atoms with Crippen LogP contribution in [-0.4, -0.2) is 25.0 Å². The number of hydrogen-bond acceptors (Lipinski definition) is 4. The minimum absolute atomic E-state index is 0.0553. The lowest BCUT2D eigenvalue weighted by Gasteiger charge is -2.18. The van der Waals surface area contributed by atoms with Gasteiger partial charge in [-0.1, -0.05) is 53.5 Å². The first-order valence-electron chi connectivity index (χ1n) is 7.16.